The van der Waals surface area contributed by atoms with Gasteiger partial charge in [-0.2, -0.15) is 0 Å². The van der Waals surface area contributed by atoms with E-state index in [0.717, 1.165) is 16.8 Å². The molecule has 0 spiro atoms. The van der Waals surface area contributed by atoms with E-state index in [1.54, 1.807) is 55.6 Å². The molecule has 3 aromatic carbocycles. The Hall–Kier alpha value is -4.54. The molecule has 0 amide bonds. The van der Waals surface area contributed by atoms with Crippen molar-refractivity contribution < 1.29 is 19.0 Å². The minimum atomic E-state index is -0.595. The number of benzene rings is 3. The number of carbonyl (C=O) groups excluding carboxylic acids is 1. The molecule has 38 heavy (non-hydrogen) atoms. The third-order valence-corrected chi connectivity index (χ3v) is 5.76. The van der Waals surface area contributed by atoms with Crippen molar-refractivity contribution >= 4 is 34.8 Å². The van der Waals surface area contributed by atoms with Gasteiger partial charge in [-0.05, 0) is 54.2 Å². The number of nitrogens with two attached hydrogens (primary N) is 1. The van der Waals surface area contributed by atoms with Gasteiger partial charge in [0.15, 0.2) is 28.2 Å². The highest BCUT2D eigenvalue weighted by molar-refractivity contribution is 7.80. The molecule has 1 atom stereocenters. The first kappa shape index (κ1) is 26.5. The lowest BCUT2D eigenvalue weighted by Crippen LogP contribution is -2.22. The van der Waals surface area contributed by atoms with Crippen LogP contribution in [0.25, 0.3) is 11.3 Å². The molecule has 0 bridgehead atoms. The molecule has 10 heteroatoms. The second-order valence-electron chi connectivity index (χ2n) is 8.14. The molecule has 0 fully saturated rings. The number of anilines is 2. The lowest BCUT2D eigenvalue weighted by molar-refractivity contribution is -0.134. The minimum Gasteiger partial charge on any atom is -0.493 e. The smallest absolute Gasteiger partial charge is 0.313 e. The van der Waals surface area contributed by atoms with Crippen LogP contribution in [0.2, 0.25) is 0 Å². The number of methoxy groups -OCH3 is 2. The number of hydrogen-bond donors (Lipinski definition) is 3. The van der Waals surface area contributed by atoms with E-state index in [1.165, 1.54) is 7.11 Å². The van der Waals surface area contributed by atoms with E-state index in [1.807, 2.05) is 36.4 Å². The Morgan fingerprint density at radius 3 is 2.32 bits per heavy atom. The van der Waals surface area contributed by atoms with Gasteiger partial charge in [0.25, 0.3) is 0 Å². The molecule has 4 aromatic rings. The first-order valence-electron chi connectivity index (χ1n) is 11.7. The number of nitrogens with one attached hydrogen (secondary N) is 2. The molecular formula is C28H27N5O4S. The Kier molecular flexibility index (Phi) is 8.81. The first-order valence-corrected chi connectivity index (χ1v) is 12.1. The predicted molar refractivity (Wildman–Crippen MR) is 150 cm³/mol. The second kappa shape index (κ2) is 12.6. The monoisotopic (exact) mass is 529 g/mol. The summed E-state index contributed by atoms with van der Waals surface area (Å²) in [5, 5.41) is 14.7. The maximum Gasteiger partial charge on any atom is 0.313 e. The number of esters is 1. The summed E-state index contributed by atoms with van der Waals surface area (Å²) in [4.78, 5) is 12.7. The first-order chi connectivity index (χ1) is 18.5. The lowest BCUT2D eigenvalue weighted by atomic mass is 10.0. The van der Waals surface area contributed by atoms with Gasteiger partial charge in [-0.25, -0.2) is 0 Å². The van der Waals surface area contributed by atoms with Crippen LogP contribution >= 0.6 is 12.2 Å². The summed E-state index contributed by atoms with van der Waals surface area (Å²) in [6, 6.07) is 25.0. The lowest BCUT2D eigenvalue weighted by Gasteiger charge is -2.16. The van der Waals surface area contributed by atoms with E-state index < -0.39 is 12.0 Å². The van der Waals surface area contributed by atoms with Crippen LogP contribution in [0.3, 0.4) is 0 Å². The molecule has 0 saturated heterocycles. The number of nitrogens with zero attached hydrogens (tertiary/aromatic N) is 2. The quantitative estimate of drug-likeness (QED) is 0.156. The highest BCUT2D eigenvalue weighted by Crippen LogP contribution is 2.31. The number of hydrogen-bond acceptors (Lipinski definition) is 8. The SMILES string of the molecule is COc1ccc(C(N)CC(=O)Oc2ccccc2NC(=S)Nc2ccc(-c3ccccc3)nn2)cc1OC. The zero-order valence-corrected chi connectivity index (χ0v) is 21.7. The Morgan fingerprint density at radius 2 is 1.61 bits per heavy atom. The molecule has 1 heterocycles. The van der Waals surface area contributed by atoms with Crippen molar-refractivity contribution in [1.82, 2.24) is 10.2 Å². The maximum atomic E-state index is 12.7. The van der Waals surface area contributed by atoms with Crippen LogP contribution < -0.4 is 30.6 Å². The molecule has 4 rings (SSSR count). The number of rotatable bonds is 9. The van der Waals surface area contributed by atoms with Crippen molar-refractivity contribution in [3.05, 3.63) is 90.5 Å². The average Bonchev–Trinajstić information content (AvgIpc) is 2.94. The number of aromatic nitrogens is 2. The standard InChI is InChI=1S/C28H27N5O4S/c1-35-24-14-12-19(16-25(24)36-2)20(29)17-27(34)37-23-11-7-6-10-22(23)30-28(38)31-26-15-13-21(32-33-26)18-8-4-3-5-9-18/h3-16,20H,17,29H2,1-2H3,(H2,30,31,33,38). The second-order valence-corrected chi connectivity index (χ2v) is 8.55. The van der Waals surface area contributed by atoms with Gasteiger partial charge in [-0.15, -0.1) is 10.2 Å². The van der Waals surface area contributed by atoms with Gasteiger partial charge in [0, 0.05) is 11.6 Å². The van der Waals surface area contributed by atoms with E-state index in [-0.39, 0.29) is 11.5 Å². The van der Waals surface area contributed by atoms with Crippen molar-refractivity contribution in [2.75, 3.05) is 24.9 Å². The van der Waals surface area contributed by atoms with Crippen LogP contribution in [0.15, 0.2) is 84.9 Å². The van der Waals surface area contributed by atoms with Crippen molar-refractivity contribution in [2.45, 2.75) is 12.5 Å². The molecular weight excluding hydrogens is 502 g/mol. The Morgan fingerprint density at radius 1 is 0.868 bits per heavy atom. The molecule has 9 nitrogen and oxygen atoms in total. The van der Waals surface area contributed by atoms with Gasteiger partial charge in [0.1, 0.15) is 0 Å². The van der Waals surface area contributed by atoms with Crippen molar-refractivity contribution in [1.29, 1.82) is 0 Å². The molecule has 1 aromatic heterocycles. The molecule has 0 aliphatic carbocycles. The molecule has 1 unspecified atom stereocenters. The summed E-state index contributed by atoms with van der Waals surface area (Å²) in [6.07, 6.45) is -0.0458. The van der Waals surface area contributed by atoms with E-state index in [2.05, 4.69) is 20.8 Å². The normalized spacial score (nSPS) is 11.2. The van der Waals surface area contributed by atoms with E-state index in [0.29, 0.717) is 28.8 Å². The van der Waals surface area contributed by atoms with E-state index >= 15 is 0 Å². The van der Waals surface area contributed by atoms with Crippen molar-refractivity contribution in [2.24, 2.45) is 5.73 Å². The fraction of sp³-hybridized carbons (Fsp3) is 0.143. The molecule has 0 aliphatic rings. The van der Waals surface area contributed by atoms with Gasteiger partial charge in [-0.3, -0.25) is 4.79 Å². The summed E-state index contributed by atoms with van der Waals surface area (Å²) >= 11 is 5.42. The highest BCUT2D eigenvalue weighted by atomic mass is 32.1. The number of ether oxygens (including phenoxy) is 3. The largest absolute Gasteiger partial charge is 0.493 e. The van der Waals surface area contributed by atoms with Crippen molar-refractivity contribution in [3.63, 3.8) is 0 Å². The predicted octanol–water partition coefficient (Wildman–Crippen LogP) is 4.97. The molecule has 0 saturated carbocycles. The summed E-state index contributed by atoms with van der Waals surface area (Å²) in [5.74, 6) is 1.39. The summed E-state index contributed by atoms with van der Waals surface area (Å²) in [7, 11) is 3.09. The van der Waals surface area contributed by atoms with Crippen LogP contribution in [0.1, 0.15) is 18.0 Å². The van der Waals surface area contributed by atoms with E-state index in [9.17, 15) is 4.79 Å². The Bertz CT molecular complexity index is 1400. The van der Waals surface area contributed by atoms with Crippen LogP contribution in [-0.2, 0) is 4.79 Å². The molecule has 0 radical (unpaired) electrons. The maximum absolute atomic E-state index is 12.7. The average molecular weight is 530 g/mol. The van der Waals surface area contributed by atoms with Crippen LogP contribution in [-0.4, -0.2) is 35.5 Å². The number of para-hydroxylation sites is 2. The summed E-state index contributed by atoms with van der Waals surface area (Å²) < 4.78 is 16.2. The van der Waals surface area contributed by atoms with Gasteiger partial charge < -0.3 is 30.6 Å². The summed E-state index contributed by atoms with van der Waals surface area (Å²) in [5.41, 5.74) is 9.20. The third-order valence-electron chi connectivity index (χ3n) is 5.56. The van der Waals surface area contributed by atoms with Crippen LogP contribution in [0, 0.1) is 0 Å². The van der Waals surface area contributed by atoms with Gasteiger partial charge in [0.2, 0.25) is 0 Å². The molecule has 4 N–H and O–H groups in total. The zero-order chi connectivity index (χ0) is 26.9. The minimum absolute atomic E-state index is 0.0458. The van der Waals surface area contributed by atoms with Crippen LogP contribution in [0.4, 0.5) is 11.5 Å². The van der Waals surface area contributed by atoms with Gasteiger partial charge in [-0.1, -0.05) is 48.5 Å². The van der Waals surface area contributed by atoms with Gasteiger partial charge >= 0.3 is 5.97 Å². The molecule has 194 valence electrons. The fourth-order valence-corrected chi connectivity index (χ4v) is 3.85. The van der Waals surface area contributed by atoms with E-state index in [4.69, 9.17) is 32.2 Å². The Balaban J connectivity index is 1.36. The fourth-order valence-electron chi connectivity index (χ4n) is 3.64. The third kappa shape index (κ3) is 6.81. The van der Waals surface area contributed by atoms with Gasteiger partial charge in [0.05, 0.1) is 32.0 Å². The van der Waals surface area contributed by atoms with Crippen molar-refractivity contribution in [3.8, 4) is 28.5 Å². The number of carbonyl (C=O) groups is 1. The Labute approximate surface area is 226 Å². The highest BCUT2D eigenvalue weighted by Gasteiger charge is 2.17. The zero-order valence-electron chi connectivity index (χ0n) is 20.9. The molecule has 0 aliphatic heterocycles. The summed E-state index contributed by atoms with van der Waals surface area (Å²) in [6.45, 7) is 0. The van der Waals surface area contributed by atoms with Crippen LogP contribution in [0.5, 0.6) is 17.2 Å². The topological polar surface area (TPSA) is 121 Å². The number of thiocarbonyl (C=S) groups is 1.